The van der Waals surface area contributed by atoms with Gasteiger partial charge in [-0.15, -0.1) is 5.10 Å². The minimum Gasteiger partial charge on any atom is -0.473 e. The lowest BCUT2D eigenvalue weighted by molar-refractivity contribution is 0.0158. The molecule has 3 aromatic rings. The minimum atomic E-state index is -0.515. The second kappa shape index (κ2) is 11.1. The summed E-state index contributed by atoms with van der Waals surface area (Å²) in [5.41, 5.74) is 1.47. The average molecular weight is 529 g/mol. The van der Waals surface area contributed by atoms with Gasteiger partial charge in [-0.05, 0) is 60.8 Å². The fourth-order valence-corrected chi connectivity index (χ4v) is 4.42. The van der Waals surface area contributed by atoms with Crippen LogP contribution in [0.4, 0.5) is 10.7 Å². The van der Waals surface area contributed by atoms with Gasteiger partial charge in [-0.2, -0.15) is 14.6 Å². The normalized spacial score (nSPS) is 19.1. The monoisotopic (exact) mass is 528 g/mol. The van der Waals surface area contributed by atoms with E-state index in [1.807, 2.05) is 54.7 Å². The van der Waals surface area contributed by atoms with Gasteiger partial charge in [0.05, 0.1) is 18.5 Å². The highest BCUT2D eigenvalue weighted by Gasteiger charge is 2.32. The Morgan fingerprint density at radius 1 is 1.24 bits per heavy atom. The van der Waals surface area contributed by atoms with E-state index in [-0.39, 0.29) is 30.4 Å². The van der Waals surface area contributed by atoms with Crippen molar-refractivity contribution in [1.29, 1.82) is 0 Å². The Labute approximate surface area is 223 Å². The summed E-state index contributed by atoms with van der Waals surface area (Å²) >= 11 is 0. The summed E-state index contributed by atoms with van der Waals surface area (Å²) in [6.07, 6.45) is 5.49. The van der Waals surface area contributed by atoms with Crippen molar-refractivity contribution in [3.63, 3.8) is 0 Å². The molecule has 1 amide bonds. The summed E-state index contributed by atoms with van der Waals surface area (Å²) < 4.78 is 20.8. The smallest absolute Gasteiger partial charge is 0.410 e. The summed E-state index contributed by atoms with van der Waals surface area (Å²) in [5.74, 6) is 1.16. The number of nitrogens with one attached hydrogen (secondary N) is 1. The molecule has 0 radical (unpaired) electrons. The van der Waals surface area contributed by atoms with Gasteiger partial charge in [0, 0.05) is 37.5 Å². The second-order valence-electron chi connectivity index (χ2n) is 11.0. The summed E-state index contributed by atoms with van der Waals surface area (Å²) in [6.45, 7) is 17.3. The van der Waals surface area contributed by atoms with E-state index in [0.717, 1.165) is 12.0 Å². The van der Waals surface area contributed by atoms with Crippen LogP contribution in [0.15, 0.2) is 18.6 Å². The molecule has 12 heteroatoms. The molecule has 0 bridgehead atoms. The molecular weight excluding hydrogens is 488 g/mol. The first-order chi connectivity index (χ1) is 17.9. The van der Waals surface area contributed by atoms with E-state index in [1.54, 1.807) is 26.5 Å². The van der Waals surface area contributed by atoms with Crippen molar-refractivity contribution in [2.75, 3.05) is 25.0 Å². The first kappa shape index (κ1) is 27.6. The molecule has 3 aromatic heterocycles. The van der Waals surface area contributed by atoms with Gasteiger partial charge in [0.15, 0.2) is 5.65 Å². The molecule has 4 heterocycles. The highest BCUT2D eigenvalue weighted by Crippen LogP contribution is 2.30. The third-order valence-corrected chi connectivity index (χ3v) is 6.21. The molecule has 3 atom stereocenters. The number of nitrogens with zero attached hydrogens (tertiary/aromatic N) is 7. The summed E-state index contributed by atoms with van der Waals surface area (Å²) in [7, 11) is 0. The molecule has 1 fully saturated rings. The first-order valence-corrected chi connectivity index (χ1v) is 13.3. The van der Waals surface area contributed by atoms with Crippen molar-refractivity contribution in [3.05, 3.63) is 18.6 Å². The van der Waals surface area contributed by atoms with Gasteiger partial charge < -0.3 is 24.4 Å². The van der Waals surface area contributed by atoms with Crippen molar-refractivity contribution in [2.45, 2.75) is 85.8 Å². The molecule has 0 aliphatic carbocycles. The maximum Gasteiger partial charge on any atom is 0.410 e. The molecule has 4 rings (SSSR count). The minimum absolute atomic E-state index is 0.101. The molecule has 1 aliphatic heterocycles. The standard InChI is InChI=1S/C26H40N8O4/c1-9-36-18(5)33-15-19(12-28-33)22-23(37-16(2)3)34-21(13-27-22)30-24(31-34)29-20-10-11-32(14-17(20)4)25(35)38-26(6,7)8/h12-13,15-18,20H,9-11,14H2,1-8H3,(H,29,31)/t17-,18?,20+/m1/s1. The number of ether oxygens (including phenoxy) is 3. The SMILES string of the molecule is CCOC(C)n1cc(-c2ncc3nc(N[C@H]4CCN(C(=O)OC(C)(C)C)C[C@H]4C)nn3c2OC(C)C)cn1. The van der Waals surface area contributed by atoms with Crippen LogP contribution < -0.4 is 10.1 Å². The summed E-state index contributed by atoms with van der Waals surface area (Å²) in [5, 5.41) is 12.6. The molecule has 208 valence electrons. The topological polar surface area (TPSA) is 121 Å². The second-order valence-corrected chi connectivity index (χ2v) is 11.0. The maximum absolute atomic E-state index is 12.5. The van der Waals surface area contributed by atoms with Crippen LogP contribution in [0.5, 0.6) is 5.88 Å². The molecule has 38 heavy (non-hydrogen) atoms. The van der Waals surface area contributed by atoms with Crippen molar-refractivity contribution < 1.29 is 19.0 Å². The number of piperidine rings is 1. The molecule has 1 aliphatic rings. The van der Waals surface area contributed by atoms with Gasteiger partial charge in [-0.3, -0.25) is 0 Å². The number of likely N-dealkylation sites (tertiary alicyclic amines) is 1. The van der Waals surface area contributed by atoms with Gasteiger partial charge in [0.25, 0.3) is 0 Å². The van der Waals surface area contributed by atoms with Gasteiger partial charge in [0.2, 0.25) is 11.8 Å². The Kier molecular flexibility index (Phi) is 8.10. The van der Waals surface area contributed by atoms with Crippen LogP contribution in [0, 0.1) is 5.92 Å². The van der Waals surface area contributed by atoms with Crippen LogP contribution in [0.3, 0.4) is 0 Å². The predicted octanol–water partition coefficient (Wildman–Crippen LogP) is 4.39. The molecule has 0 aromatic carbocycles. The number of amides is 1. The molecule has 0 saturated carbocycles. The Morgan fingerprint density at radius 2 is 2.00 bits per heavy atom. The zero-order chi connectivity index (χ0) is 27.6. The summed E-state index contributed by atoms with van der Waals surface area (Å²) in [4.78, 5) is 23.6. The van der Waals surface area contributed by atoms with Crippen molar-refractivity contribution >= 4 is 17.7 Å². The lowest BCUT2D eigenvalue weighted by Gasteiger charge is -2.37. The number of fused-ring (bicyclic) bond motifs is 1. The van der Waals surface area contributed by atoms with E-state index in [4.69, 9.17) is 19.3 Å². The maximum atomic E-state index is 12.5. The highest BCUT2D eigenvalue weighted by atomic mass is 16.6. The molecule has 12 nitrogen and oxygen atoms in total. The lowest BCUT2D eigenvalue weighted by atomic mass is 9.94. The molecule has 1 N–H and O–H groups in total. The zero-order valence-electron chi connectivity index (χ0n) is 23.6. The highest BCUT2D eigenvalue weighted by molar-refractivity contribution is 5.68. The Bertz CT molecular complexity index is 1250. The molecular formula is C26H40N8O4. The first-order valence-electron chi connectivity index (χ1n) is 13.3. The Morgan fingerprint density at radius 3 is 2.66 bits per heavy atom. The Hall–Kier alpha value is -3.41. The van der Waals surface area contributed by atoms with Crippen LogP contribution in [0.25, 0.3) is 16.9 Å². The van der Waals surface area contributed by atoms with Crippen LogP contribution in [-0.2, 0) is 9.47 Å². The number of rotatable bonds is 8. The van der Waals surface area contributed by atoms with Crippen LogP contribution in [0.2, 0.25) is 0 Å². The van der Waals surface area contributed by atoms with Gasteiger partial charge in [0.1, 0.15) is 17.5 Å². The van der Waals surface area contributed by atoms with E-state index in [1.165, 1.54) is 0 Å². The zero-order valence-corrected chi connectivity index (χ0v) is 23.6. The fraction of sp³-hybridized carbons (Fsp3) is 0.654. The van der Waals surface area contributed by atoms with E-state index in [9.17, 15) is 4.79 Å². The number of carbonyl (C=O) groups excluding carboxylic acids is 1. The number of hydrogen-bond donors (Lipinski definition) is 1. The van der Waals surface area contributed by atoms with Crippen LogP contribution >= 0.6 is 0 Å². The van der Waals surface area contributed by atoms with Crippen molar-refractivity contribution in [1.82, 2.24) is 34.3 Å². The number of carbonyl (C=O) groups is 1. The third-order valence-electron chi connectivity index (χ3n) is 6.21. The third kappa shape index (κ3) is 6.35. The largest absolute Gasteiger partial charge is 0.473 e. The van der Waals surface area contributed by atoms with Gasteiger partial charge >= 0.3 is 6.09 Å². The van der Waals surface area contributed by atoms with Gasteiger partial charge in [-0.25, -0.2) is 14.5 Å². The van der Waals surface area contributed by atoms with Crippen LogP contribution in [0.1, 0.15) is 68.0 Å². The Balaban J connectivity index is 1.55. The molecule has 1 unspecified atom stereocenters. The van der Waals surface area contributed by atoms with E-state index < -0.39 is 5.60 Å². The molecule has 1 saturated heterocycles. The van der Waals surface area contributed by atoms with E-state index >= 15 is 0 Å². The number of aromatic nitrogens is 6. The quantitative estimate of drug-likeness (QED) is 0.454. The van der Waals surface area contributed by atoms with Gasteiger partial charge in [-0.1, -0.05) is 6.92 Å². The molecule has 0 spiro atoms. The van der Waals surface area contributed by atoms with Crippen molar-refractivity contribution in [2.24, 2.45) is 5.92 Å². The predicted molar refractivity (Wildman–Crippen MR) is 143 cm³/mol. The van der Waals surface area contributed by atoms with Crippen LogP contribution in [-0.4, -0.2) is 77.8 Å². The number of hydrogen-bond acceptors (Lipinski definition) is 9. The van der Waals surface area contributed by atoms with E-state index in [2.05, 4.69) is 27.3 Å². The number of anilines is 1. The summed E-state index contributed by atoms with van der Waals surface area (Å²) in [6, 6.07) is 0.103. The lowest BCUT2D eigenvalue weighted by Crippen LogP contribution is -2.49. The fourth-order valence-electron chi connectivity index (χ4n) is 4.42. The average Bonchev–Trinajstić information content (AvgIpc) is 3.47. The van der Waals surface area contributed by atoms with E-state index in [0.29, 0.717) is 42.9 Å². The van der Waals surface area contributed by atoms with Crippen molar-refractivity contribution in [3.8, 4) is 17.1 Å².